The van der Waals surface area contributed by atoms with Crippen LogP contribution in [0, 0.1) is 0 Å². The molecule has 0 fully saturated rings. The molecule has 2 N–H and O–H groups in total. The first-order valence-electron chi connectivity index (χ1n) is 7.11. The summed E-state index contributed by atoms with van der Waals surface area (Å²) in [7, 11) is 0. The maximum absolute atomic E-state index is 11.7. The fourth-order valence-electron chi connectivity index (χ4n) is 2.36. The van der Waals surface area contributed by atoms with Gasteiger partial charge in [0.25, 0.3) is 0 Å². The molecule has 0 amide bonds. The zero-order chi connectivity index (χ0) is 14.4. The van der Waals surface area contributed by atoms with Gasteiger partial charge in [-0.1, -0.05) is 61.5 Å². The van der Waals surface area contributed by atoms with Gasteiger partial charge in [0.2, 0.25) is 0 Å². The predicted octanol–water partition coefficient (Wildman–Crippen LogP) is 3.77. The summed E-state index contributed by atoms with van der Waals surface area (Å²) in [5.74, 6) is 0.386. The molecule has 0 saturated heterocycles. The topological polar surface area (TPSA) is 43.1 Å². The van der Waals surface area contributed by atoms with Crippen LogP contribution in [0.15, 0.2) is 54.6 Å². The van der Waals surface area contributed by atoms with Gasteiger partial charge in [0.05, 0.1) is 0 Å². The van der Waals surface area contributed by atoms with Crippen LogP contribution in [-0.2, 0) is 4.79 Å². The molecule has 0 spiro atoms. The fourth-order valence-corrected chi connectivity index (χ4v) is 2.36. The molecule has 0 saturated carbocycles. The SMILES string of the molecule is CCC(=O)C[C@H](CN)c1cccc(-c2ccccc2)c1. The summed E-state index contributed by atoms with van der Waals surface area (Å²) in [6.45, 7) is 2.40. The number of rotatable bonds is 6. The Kier molecular flexibility index (Phi) is 5.08. The highest BCUT2D eigenvalue weighted by atomic mass is 16.1. The fraction of sp³-hybridized carbons (Fsp3) is 0.278. The van der Waals surface area contributed by atoms with Gasteiger partial charge in [-0.05, 0) is 23.2 Å². The minimum atomic E-state index is 0.117. The molecule has 0 aliphatic heterocycles. The highest BCUT2D eigenvalue weighted by Gasteiger charge is 2.14. The maximum Gasteiger partial charge on any atom is 0.133 e. The van der Waals surface area contributed by atoms with Gasteiger partial charge in [0.1, 0.15) is 5.78 Å². The quantitative estimate of drug-likeness (QED) is 0.865. The molecule has 0 radical (unpaired) electrons. The number of carbonyl (C=O) groups excluding carboxylic acids is 1. The van der Waals surface area contributed by atoms with E-state index in [2.05, 4.69) is 30.3 Å². The lowest BCUT2D eigenvalue weighted by molar-refractivity contribution is -0.119. The van der Waals surface area contributed by atoms with E-state index in [9.17, 15) is 4.79 Å². The minimum Gasteiger partial charge on any atom is -0.330 e. The van der Waals surface area contributed by atoms with Crippen molar-refractivity contribution in [1.82, 2.24) is 0 Å². The van der Waals surface area contributed by atoms with Gasteiger partial charge in [-0.15, -0.1) is 0 Å². The number of carbonyl (C=O) groups is 1. The van der Waals surface area contributed by atoms with E-state index in [4.69, 9.17) is 5.73 Å². The van der Waals surface area contributed by atoms with Crippen molar-refractivity contribution in [2.75, 3.05) is 6.54 Å². The van der Waals surface area contributed by atoms with Crippen LogP contribution >= 0.6 is 0 Å². The van der Waals surface area contributed by atoms with E-state index in [0.717, 1.165) is 5.56 Å². The summed E-state index contributed by atoms with van der Waals surface area (Å²) in [4.78, 5) is 11.7. The lowest BCUT2D eigenvalue weighted by atomic mass is 9.91. The second-order valence-electron chi connectivity index (χ2n) is 5.02. The van der Waals surface area contributed by atoms with Crippen LogP contribution in [0.3, 0.4) is 0 Å². The summed E-state index contributed by atoms with van der Waals surface area (Å²) in [5.41, 5.74) is 9.35. The molecule has 2 rings (SSSR count). The van der Waals surface area contributed by atoms with Gasteiger partial charge in [-0.3, -0.25) is 4.79 Å². The van der Waals surface area contributed by atoms with Gasteiger partial charge >= 0.3 is 0 Å². The van der Waals surface area contributed by atoms with Crippen molar-refractivity contribution in [3.8, 4) is 11.1 Å². The Morgan fingerprint density at radius 3 is 2.40 bits per heavy atom. The van der Waals surface area contributed by atoms with E-state index in [1.54, 1.807) is 0 Å². The van der Waals surface area contributed by atoms with Gasteiger partial charge in [0, 0.05) is 18.8 Å². The van der Waals surface area contributed by atoms with Gasteiger partial charge in [-0.2, -0.15) is 0 Å². The Balaban J connectivity index is 2.26. The van der Waals surface area contributed by atoms with Crippen molar-refractivity contribution < 1.29 is 4.79 Å². The Morgan fingerprint density at radius 2 is 1.75 bits per heavy atom. The summed E-state index contributed by atoms with van der Waals surface area (Å²) in [6, 6.07) is 18.6. The number of hydrogen-bond donors (Lipinski definition) is 1. The second kappa shape index (κ2) is 7.01. The molecular formula is C18H21NO. The number of nitrogens with two attached hydrogens (primary N) is 1. The monoisotopic (exact) mass is 267 g/mol. The number of benzene rings is 2. The number of hydrogen-bond acceptors (Lipinski definition) is 2. The molecule has 20 heavy (non-hydrogen) atoms. The molecule has 2 nitrogen and oxygen atoms in total. The van der Waals surface area contributed by atoms with E-state index in [1.165, 1.54) is 11.1 Å². The molecule has 0 aromatic heterocycles. The zero-order valence-corrected chi connectivity index (χ0v) is 11.9. The van der Waals surface area contributed by atoms with Crippen LogP contribution in [0.25, 0.3) is 11.1 Å². The third-order valence-electron chi connectivity index (χ3n) is 3.62. The average molecular weight is 267 g/mol. The summed E-state index contributed by atoms with van der Waals surface area (Å²) in [6.07, 6.45) is 1.11. The molecule has 0 unspecified atom stereocenters. The smallest absolute Gasteiger partial charge is 0.133 e. The third kappa shape index (κ3) is 3.55. The van der Waals surface area contributed by atoms with E-state index >= 15 is 0 Å². The van der Waals surface area contributed by atoms with Gasteiger partial charge in [0.15, 0.2) is 0 Å². The first-order valence-corrected chi connectivity index (χ1v) is 7.11. The lowest BCUT2D eigenvalue weighted by Crippen LogP contribution is -2.16. The molecule has 2 aromatic carbocycles. The van der Waals surface area contributed by atoms with E-state index in [-0.39, 0.29) is 11.7 Å². The maximum atomic E-state index is 11.7. The van der Waals surface area contributed by atoms with Crippen molar-refractivity contribution >= 4 is 5.78 Å². The van der Waals surface area contributed by atoms with Crippen molar-refractivity contribution in [3.63, 3.8) is 0 Å². The van der Waals surface area contributed by atoms with Crippen molar-refractivity contribution in [2.24, 2.45) is 5.73 Å². The molecule has 0 aliphatic carbocycles. The molecule has 0 bridgehead atoms. The number of Topliss-reactive ketones (excluding diaryl/α,β-unsaturated/α-hetero) is 1. The standard InChI is InChI=1S/C18H21NO/c1-2-18(20)12-17(13-19)16-10-6-9-15(11-16)14-7-4-3-5-8-14/h3-11,17H,2,12-13,19H2,1H3/t17-/m1/s1. The van der Waals surface area contributed by atoms with Crippen LogP contribution in [0.4, 0.5) is 0 Å². The highest BCUT2D eigenvalue weighted by Crippen LogP contribution is 2.25. The molecule has 0 heterocycles. The van der Waals surface area contributed by atoms with Gasteiger partial charge in [-0.25, -0.2) is 0 Å². The second-order valence-corrected chi connectivity index (χ2v) is 5.02. The van der Waals surface area contributed by atoms with Crippen LogP contribution in [0.5, 0.6) is 0 Å². The molecule has 2 aromatic rings. The van der Waals surface area contributed by atoms with E-state index in [1.807, 2.05) is 31.2 Å². The molecule has 1 atom stereocenters. The lowest BCUT2D eigenvalue weighted by Gasteiger charge is -2.15. The summed E-state index contributed by atoms with van der Waals surface area (Å²) >= 11 is 0. The highest BCUT2D eigenvalue weighted by molar-refractivity contribution is 5.79. The van der Waals surface area contributed by atoms with Crippen molar-refractivity contribution in [2.45, 2.75) is 25.7 Å². The van der Waals surface area contributed by atoms with Crippen molar-refractivity contribution in [3.05, 3.63) is 60.2 Å². The van der Waals surface area contributed by atoms with Crippen LogP contribution in [-0.4, -0.2) is 12.3 Å². The van der Waals surface area contributed by atoms with E-state index < -0.39 is 0 Å². The van der Waals surface area contributed by atoms with Crippen LogP contribution < -0.4 is 5.73 Å². The summed E-state index contributed by atoms with van der Waals surface area (Å²) < 4.78 is 0. The molecular weight excluding hydrogens is 246 g/mol. The minimum absolute atomic E-state index is 0.117. The Labute approximate surface area is 120 Å². The van der Waals surface area contributed by atoms with Crippen molar-refractivity contribution in [1.29, 1.82) is 0 Å². The Hall–Kier alpha value is -1.93. The van der Waals surface area contributed by atoms with Gasteiger partial charge < -0.3 is 5.73 Å². The largest absolute Gasteiger partial charge is 0.330 e. The molecule has 104 valence electrons. The first kappa shape index (κ1) is 14.5. The Morgan fingerprint density at radius 1 is 1.05 bits per heavy atom. The molecule has 2 heteroatoms. The molecule has 0 aliphatic rings. The number of ketones is 1. The normalized spacial score (nSPS) is 12.1. The average Bonchev–Trinajstić information content (AvgIpc) is 2.53. The van der Waals surface area contributed by atoms with Crippen LogP contribution in [0.2, 0.25) is 0 Å². The Bertz CT molecular complexity index is 563. The van der Waals surface area contributed by atoms with E-state index in [0.29, 0.717) is 19.4 Å². The predicted molar refractivity (Wildman–Crippen MR) is 83.6 cm³/mol. The first-order chi connectivity index (χ1) is 9.74. The summed E-state index contributed by atoms with van der Waals surface area (Å²) in [5, 5.41) is 0. The van der Waals surface area contributed by atoms with Crippen LogP contribution in [0.1, 0.15) is 31.2 Å². The zero-order valence-electron chi connectivity index (χ0n) is 11.9. The third-order valence-corrected chi connectivity index (χ3v) is 3.62.